The van der Waals surface area contributed by atoms with Crippen LogP contribution in [0.5, 0.6) is 0 Å². The van der Waals surface area contributed by atoms with Crippen LogP contribution >= 0.6 is 0 Å². The normalized spacial score (nSPS) is 14.4. The Morgan fingerprint density at radius 1 is 1.29 bits per heavy atom. The van der Waals surface area contributed by atoms with E-state index in [-0.39, 0.29) is 23.2 Å². The Balaban J connectivity index is 1.53. The van der Waals surface area contributed by atoms with E-state index in [1.165, 1.54) is 29.1 Å². The van der Waals surface area contributed by atoms with Gasteiger partial charge < -0.3 is 10.1 Å². The summed E-state index contributed by atoms with van der Waals surface area (Å²) in [5, 5.41) is 20.4. The molecule has 2 aromatic heterocycles. The number of aromatic nitrogens is 4. The maximum absolute atomic E-state index is 13.6. The smallest absolute Gasteiger partial charge is 0.437 e. The largest absolute Gasteiger partial charge is 0.442 e. The molecule has 3 aromatic rings. The summed E-state index contributed by atoms with van der Waals surface area (Å²) >= 11 is 0. The first kappa shape index (κ1) is 23.2. The zero-order valence-corrected chi connectivity index (χ0v) is 19.4. The number of ether oxygens (including phenoxy) is 1. The van der Waals surface area contributed by atoms with E-state index in [9.17, 15) is 14.0 Å². The monoisotopic (exact) mass is 464 g/mol. The lowest BCUT2D eigenvalue weighted by molar-refractivity contribution is -0.117. The zero-order valence-electron chi connectivity index (χ0n) is 19.4. The highest BCUT2D eigenvalue weighted by molar-refractivity contribution is 5.96. The van der Waals surface area contributed by atoms with E-state index >= 15 is 0 Å². The molecule has 10 heteroatoms. The molecule has 1 N–H and O–H groups in total. The Kier molecular flexibility index (Phi) is 5.96. The maximum atomic E-state index is 13.6. The fourth-order valence-corrected chi connectivity index (χ4v) is 3.34. The molecule has 1 atom stereocenters. The molecule has 1 saturated carbocycles. The Bertz CT molecular complexity index is 1290. The van der Waals surface area contributed by atoms with Crippen LogP contribution in [0.3, 0.4) is 0 Å². The molecule has 1 amide bonds. The van der Waals surface area contributed by atoms with E-state index in [1.54, 1.807) is 46.0 Å². The Hall–Kier alpha value is -4.00. The molecule has 176 valence electrons. The standard InChI is InChI=1S/C24H25FN6O3/c1-14(17-12-27-30(13-17)18-7-8-19(25)16(9-18)11-26)22(32)28-21-10-20(15-5-6-15)29-31(21)23(33)34-24(2,3)4/h7-10,12-15H,5-6H2,1-4H3,(H,28,32). The third-order valence-electron chi connectivity index (χ3n) is 5.37. The maximum Gasteiger partial charge on any atom is 0.437 e. The van der Waals surface area contributed by atoms with Crippen LogP contribution in [-0.4, -0.2) is 37.2 Å². The molecule has 0 spiro atoms. The molecule has 0 bridgehead atoms. The van der Waals surface area contributed by atoms with Gasteiger partial charge in [0, 0.05) is 23.7 Å². The quantitative estimate of drug-likeness (QED) is 0.595. The van der Waals surface area contributed by atoms with Crippen molar-refractivity contribution in [2.24, 2.45) is 0 Å². The number of amides is 1. The number of nitrogens with one attached hydrogen (secondary N) is 1. The van der Waals surface area contributed by atoms with E-state index in [0.717, 1.165) is 23.2 Å². The molecule has 1 aromatic carbocycles. The second-order valence-electron chi connectivity index (χ2n) is 9.33. The molecule has 0 saturated heterocycles. The van der Waals surface area contributed by atoms with Crippen LogP contribution in [0.1, 0.15) is 69.2 Å². The van der Waals surface area contributed by atoms with Crippen LogP contribution in [-0.2, 0) is 9.53 Å². The number of hydrogen-bond acceptors (Lipinski definition) is 6. The molecule has 9 nitrogen and oxygen atoms in total. The van der Waals surface area contributed by atoms with Gasteiger partial charge in [0.2, 0.25) is 5.91 Å². The Morgan fingerprint density at radius 3 is 2.68 bits per heavy atom. The summed E-state index contributed by atoms with van der Waals surface area (Å²) in [5.74, 6) is -1.06. The molecule has 1 aliphatic carbocycles. The first-order valence-electron chi connectivity index (χ1n) is 10.9. The number of halogens is 1. The number of anilines is 1. The number of carbonyl (C=O) groups excluding carboxylic acids is 2. The predicted octanol–water partition coefficient (Wildman–Crippen LogP) is 4.48. The average molecular weight is 465 g/mol. The molecule has 2 heterocycles. The fourth-order valence-electron chi connectivity index (χ4n) is 3.34. The summed E-state index contributed by atoms with van der Waals surface area (Å²) in [4.78, 5) is 25.7. The molecular weight excluding hydrogens is 439 g/mol. The van der Waals surface area contributed by atoms with Crippen LogP contribution in [0.4, 0.5) is 15.0 Å². The molecule has 0 aliphatic heterocycles. The molecular formula is C24H25FN6O3. The minimum Gasteiger partial charge on any atom is -0.442 e. The van der Waals surface area contributed by atoms with Crippen molar-refractivity contribution in [2.45, 2.75) is 58.0 Å². The number of rotatable bonds is 5. The minimum absolute atomic E-state index is 0.0952. The van der Waals surface area contributed by atoms with Crippen LogP contribution < -0.4 is 5.32 Å². The highest BCUT2D eigenvalue weighted by Crippen LogP contribution is 2.40. The molecule has 1 unspecified atom stereocenters. The van der Waals surface area contributed by atoms with Gasteiger partial charge in [-0.25, -0.2) is 13.9 Å². The van der Waals surface area contributed by atoms with E-state index < -0.39 is 23.4 Å². The third-order valence-corrected chi connectivity index (χ3v) is 5.37. The lowest BCUT2D eigenvalue weighted by Gasteiger charge is -2.20. The van der Waals surface area contributed by atoms with Gasteiger partial charge in [0.1, 0.15) is 23.3 Å². The van der Waals surface area contributed by atoms with Crippen molar-refractivity contribution in [3.63, 3.8) is 0 Å². The summed E-state index contributed by atoms with van der Waals surface area (Å²) in [6.45, 7) is 6.98. The van der Waals surface area contributed by atoms with Gasteiger partial charge in [-0.2, -0.15) is 15.5 Å². The van der Waals surface area contributed by atoms with Crippen molar-refractivity contribution in [3.8, 4) is 11.8 Å². The number of nitrogens with zero attached hydrogens (tertiary/aromatic N) is 5. The Labute approximate surface area is 196 Å². The summed E-state index contributed by atoms with van der Waals surface area (Å²) in [6.07, 6.45) is 4.48. The lowest BCUT2D eigenvalue weighted by atomic mass is 10.0. The van der Waals surface area contributed by atoms with Crippen LogP contribution in [0.25, 0.3) is 5.69 Å². The lowest BCUT2D eigenvalue weighted by Crippen LogP contribution is -2.29. The number of hydrogen-bond donors (Lipinski definition) is 1. The van der Waals surface area contributed by atoms with E-state index in [4.69, 9.17) is 10.00 Å². The Morgan fingerprint density at radius 2 is 2.03 bits per heavy atom. The van der Waals surface area contributed by atoms with Crippen molar-refractivity contribution >= 4 is 17.8 Å². The summed E-state index contributed by atoms with van der Waals surface area (Å²) in [7, 11) is 0. The predicted molar refractivity (Wildman–Crippen MR) is 121 cm³/mol. The van der Waals surface area contributed by atoms with Gasteiger partial charge in [0.05, 0.1) is 29.1 Å². The van der Waals surface area contributed by atoms with Crippen LogP contribution in [0, 0.1) is 17.1 Å². The van der Waals surface area contributed by atoms with Crippen molar-refractivity contribution in [3.05, 3.63) is 59.3 Å². The second-order valence-corrected chi connectivity index (χ2v) is 9.33. The van der Waals surface area contributed by atoms with Crippen molar-refractivity contribution in [1.82, 2.24) is 19.6 Å². The second kappa shape index (κ2) is 8.74. The van der Waals surface area contributed by atoms with Crippen molar-refractivity contribution in [2.75, 3.05) is 5.32 Å². The van der Waals surface area contributed by atoms with Gasteiger partial charge in [0.25, 0.3) is 0 Å². The minimum atomic E-state index is -0.711. The molecule has 0 radical (unpaired) electrons. The van der Waals surface area contributed by atoms with E-state index in [1.807, 2.05) is 0 Å². The van der Waals surface area contributed by atoms with Gasteiger partial charge in [-0.15, -0.1) is 4.68 Å². The summed E-state index contributed by atoms with van der Waals surface area (Å²) in [6, 6.07) is 7.58. The van der Waals surface area contributed by atoms with Crippen molar-refractivity contribution in [1.29, 1.82) is 5.26 Å². The average Bonchev–Trinajstić information content (AvgIpc) is 3.35. The van der Waals surface area contributed by atoms with E-state index in [2.05, 4.69) is 15.5 Å². The topological polar surface area (TPSA) is 115 Å². The van der Waals surface area contributed by atoms with Gasteiger partial charge in [0.15, 0.2) is 0 Å². The first-order chi connectivity index (χ1) is 16.1. The molecule has 34 heavy (non-hydrogen) atoms. The van der Waals surface area contributed by atoms with Gasteiger partial charge in [-0.05, 0) is 58.7 Å². The molecule has 1 aliphatic rings. The van der Waals surface area contributed by atoms with Crippen molar-refractivity contribution < 1.29 is 18.7 Å². The zero-order chi connectivity index (χ0) is 24.6. The summed E-state index contributed by atoms with van der Waals surface area (Å²) in [5.41, 5.74) is 1.03. The third kappa shape index (κ3) is 4.98. The van der Waals surface area contributed by atoms with Crippen LogP contribution in [0.15, 0.2) is 36.7 Å². The highest BCUT2D eigenvalue weighted by atomic mass is 19.1. The number of nitriles is 1. The number of benzene rings is 1. The van der Waals surface area contributed by atoms with Gasteiger partial charge in [-0.3, -0.25) is 4.79 Å². The molecule has 1 fully saturated rings. The van der Waals surface area contributed by atoms with Crippen LogP contribution in [0.2, 0.25) is 0 Å². The number of carbonyl (C=O) groups is 2. The highest BCUT2D eigenvalue weighted by Gasteiger charge is 2.31. The molecule has 4 rings (SSSR count). The van der Waals surface area contributed by atoms with E-state index in [0.29, 0.717) is 11.3 Å². The fraction of sp³-hybridized carbons (Fsp3) is 0.375. The SMILES string of the molecule is CC(C(=O)Nc1cc(C2CC2)nn1C(=O)OC(C)(C)C)c1cnn(-c2ccc(F)c(C#N)c2)c1. The van der Waals surface area contributed by atoms with Gasteiger partial charge in [-0.1, -0.05) is 0 Å². The summed E-state index contributed by atoms with van der Waals surface area (Å²) < 4.78 is 21.6. The van der Waals surface area contributed by atoms with Gasteiger partial charge >= 0.3 is 6.09 Å². The first-order valence-corrected chi connectivity index (χ1v) is 10.9.